The van der Waals surface area contributed by atoms with E-state index in [0.29, 0.717) is 35.5 Å². The summed E-state index contributed by atoms with van der Waals surface area (Å²) in [6.45, 7) is 1.92. The molecule has 1 heterocycles. The highest BCUT2D eigenvalue weighted by atomic mass is 35.5. The van der Waals surface area contributed by atoms with Gasteiger partial charge in [-0.05, 0) is 91.1 Å². The number of hydrogen-bond acceptors (Lipinski definition) is 4. The minimum atomic E-state index is -0.489. The Morgan fingerprint density at radius 3 is 2.47 bits per heavy atom. The molecule has 1 aliphatic heterocycles. The zero-order valence-corrected chi connectivity index (χ0v) is 21.9. The predicted molar refractivity (Wildman–Crippen MR) is 145 cm³/mol. The fraction of sp³-hybridized carbons (Fsp3) is 0.233. The zero-order chi connectivity index (χ0) is 27.2. The number of nitrogens with zero attached hydrogens (tertiary/aromatic N) is 1. The Bertz CT molecular complexity index is 1360. The normalized spacial score (nSPS) is 16.7. The van der Waals surface area contributed by atoms with Gasteiger partial charge in [0.2, 0.25) is 5.91 Å². The molecule has 0 saturated heterocycles. The summed E-state index contributed by atoms with van der Waals surface area (Å²) in [5, 5.41) is 3.77. The van der Waals surface area contributed by atoms with E-state index < -0.39 is 11.8 Å². The molecule has 0 bridgehead atoms. The van der Waals surface area contributed by atoms with Crippen molar-refractivity contribution in [2.24, 2.45) is 0 Å². The molecule has 196 valence electrons. The predicted octanol–water partition coefficient (Wildman–Crippen LogP) is 5.89. The summed E-state index contributed by atoms with van der Waals surface area (Å²) < 4.78 is 18.1. The number of ether oxygens (including phenoxy) is 1. The van der Waals surface area contributed by atoms with Crippen LogP contribution in [0.1, 0.15) is 52.9 Å². The molecule has 3 aromatic rings. The van der Waals surface area contributed by atoms with Crippen LogP contribution in [-0.4, -0.2) is 30.9 Å². The second-order valence-corrected chi connectivity index (χ2v) is 9.62. The SMILES string of the molecule is COC(=O)C=Cc1ccc2c(c1)[C@H](NC(=O)CCc1ccc(Cl)cc1)C[C@H](C)N2C(=O)c1ccc(F)cc1. The van der Waals surface area contributed by atoms with Crippen LogP contribution >= 0.6 is 11.6 Å². The van der Waals surface area contributed by atoms with Crippen LogP contribution in [0.3, 0.4) is 0 Å². The number of amides is 2. The first-order valence-electron chi connectivity index (χ1n) is 12.3. The van der Waals surface area contributed by atoms with Crippen LogP contribution in [0.15, 0.2) is 72.8 Å². The van der Waals surface area contributed by atoms with Gasteiger partial charge < -0.3 is 15.0 Å². The van der Waals surface area contributed by atoms with E-state index in [1.807, 2.05) is 25.1 Å². The molecule has 2 atom stereocenters. The monoisotopic (exact) mass is 534 g/mol. The summed E-state index contributed by atoms with van der Waals surface area (Å²) in [7, 11) is 1.30. The lowest BCUT2D eigenvalue weighted by Gasteiger charge is -2.40. The second-order valence-electron chi connectivity index (χ2n) is 9.19. The number of carbonyl (C=O) groups is 3. The fourth-order valence-electron chi connectivity index (χ4n) is 4.57. The van der Waals surface area contributed by atoms with Crippen LogP contribution in [-0.2, 0) is 20.7 Å². The van der Waals surface area contributed by atoms with E-state index in [-0.39, 0.29) is 23.9 Å². The average Bonchev–Trinajstić information content (AvgIpc) is 2.91. The van der Waals surface area contributed by atoms with Crippen LogP contribution in [0.4, 0.5) is 10.1 Å². The highest BCUT2D eigenvalue weighted by Gasteiger charge is 2.35. The number of nitrogens with one attached hydrogen (secondary N) is 1. The molecular formula is C30H28ClFN2O4. The molecule has 38 heavy (non-hydrogen) atoms. The van der Waals surface area contributed by atoms with E-state index in [0.717, 1.165) is 16.7 Å². The van der Waals surface area contributed by atoms with Gasteiger partial charge in [-0.25, -0.2) is 9.18 Å². The van der Waals surface area contributed by atoms with Gasteiger partial charge >= 0.3 is 5.97 Å². The van der Waals surface area contributed by atoms with Gasteiger partial charge in [0.1, 0.15) is 5.82 Å². The van der Waals surface area contributed by atoms with E-state index in [9.17, 15) is 18.8 Å². The van der Waals surface area contributed by atoms with Gasteiger partial charge in [-0.15, -0.1) is 0 Å². The topological polar surface area (TPSA) is 75.7 Å². The second kappa shape index (κ2) is 12.0. The maximum atomic E-state index is 13.5. The third-order valence-electron chi connectivity index (χ3n) is 6.52. The van der Waals surface area contributed by atoms with Crippen molar-refractivity contribution in [3.8, 4) is 0 Å². The van der Waals surface area contributed by atoms with E-state index in [1.54, 1.807) is 35.2 Å². The van der Waals surface area contributed by atoms with Gasteiger partial charge in [0, 0.05) is 34.8 Å². The molecule has 1 aliphatic rings. The van der Waals surface area contributed by atoms with Crippen molar-refractivity contribution < 1.29 is 23.5 Å². The van der Waals surface area contributed by atoms with Gasteiger partial charge in [-0.2, -0.15) is 0 Å². The molecule has 0 radical (unpaired) electrons. The molecule has 1 N–H and O–H groups in total. The highest BCUT2D eigenvalue weighted by Crippen LogP contribution is 2.39. The first-order chi connectivity index (χ1) is 18.2. The number of carbonyl (C=O) groups excluding carboxylic acids is 3. The van der Waals surface area contributed by atoms with E-state index in [4.69, 9.17) is 11.6 Å². The van der Waals surface area contributed by atoms with Gasteiger partial charge in [0.25, 0.3) is 5.91 Å². The van der Waals surface area contributed by atoms with E-state index in [1.165, 1.54) is 37.5 Å². The minimum absolute atomic E-state index is 0.114. The van der Waals surface area contributed by atoms with Crippen molar-refractivity contribution in [3.63, 3.8) is 0 Å². The summed E-state index contributed by atoms with van der Waals surface area (Å²) in [5.41, 5.74) is 3.50. The number of benzene rings is 3. The maximum absolute atomic E-state index is 13.5. The van der Waals surface area contributed by atoms with Crippen LogP contribution in [0.5, 0.6) is 0 Å². The zero-order valence-electron chi connectivity index (χ0n) is 21.1. The van der Waals surface area contributed by atoms with Crippen LogP contribution < -0.4 is 10.2 Å². The molecule has 0 saturated carbocycles. The standard InChI is InChI=1S/C30H28ClFN2O4/c1-19-17-26(33-28(35)15-6-20-3-10-23(31)11-4-20)25-18-21(7-16-29(36)38-2)5-14-27(25)34(19)30(37)22-8-12-24(32)13-9-22/h3-5,7-14,16,18-19,26H,6,15,17H2,1-2H3,(H,33,35)/t19-,26+/m0/s1. The summed E-state index contributed by atoms with van der Waals surface area (Å²) in [4.78, 5) is 39.7. The van der Waals surface area contributed by atoms with Crippen LogP contribution in [0, 0.1) is 5.82 Å². The Kier molecular flexibility index (Phi) is 8.59. The Labute approximate surface area is 226 Å². The van der Waals surface area contributed by atoms with Crippen molar-refractivity contribution >= 4 is 41.1 Å². The largest absolute Gasteiger partial charge is 0.466 e. The Hall–Kier alpha value is -3.97. The first kappa shape index (κ1) is 27.1. The van der Waals surface area contributed by atoms with Gasteiger partial charge in [0.15, 0.2) is 0 Å². The average molecular weight is 535 g/mol. The van der Waals surface area contributed by atoms with Crippen LogP contribution in [0.25, 0.3) is 6.08 Å². The molecule has 0 spiro atoms. The number of methoxy groups -OCH3 is 1. The molecule has 8 heteroatoms. The number of anilines is 1. The molecule has 0 aromatic heterocycles. The third kappa shape index (κ3) is 6.47. The van der Waals surface area contributed by atoms with Crippen molar-refractivity contribution in [3.05, 3.63) is 106 Å². The summed E-state index contributed by atoms with van der Waals surface area (Å²) >= 11 is 5.95. The lowest BCUT2D eigenvalue weighted by atomic mass is 9.89. The van der Waals surface area contributed by atoms with Gasteiger partial charge in [0.05, 0.1) is 13.2 Å². The quantitative estimate of drug-likeness (QED) is 0.303. The lowest BCUT2D eigenvalue weighted by molar-refractivity contribution is -0.134. The molecule has 6 nitrogen and oxygen atoms in total. The summed E-state index contributed by atoms with van der Waals surface area (Å²) in [6, 6.07) is 17.7. The van der Waals surface area contributed by atoms with Crippen molar-refractivity contribution in [1.82, 2.24) is 5.32 Å². The first-order valence-corrected chi connectivity index (χ1v) is 12.7. The molecule has 3 aromatic carbocycles. The number of hydrogen-bond donors (Lipinski definition) is 1. The van der Waals surface area contributed by atoms with E-state index >= 15 is 0 Å². The molecule has 4 rings (SSSR count). The van der Waals surface area contributed by atoms with Crippen molar-refractivity contribution in [2.45, 2.75) is 38.3 Å². The summed E-state index contributed by atoms with van der Waals surface area (Å²) in [5.74, 6) is -1.28. The number of esters is 1. The highest BCUT2D eigenvalue weighted by molar-refractivity contribution is 6.30. The molecule has 0 fully saturated rings. The Balaban J connectivity index is 1.61. The molecule has 0 unspecified atom stereocenters. The van der Waals surface area contributed by atoms with Crippen molar-refractivity contribution in [2.75, 3.05) is 12.0 Å². The number of rotatable bonds is 7. The fourth-order valence-corrected chi connectivity index (χ4v) is 4.70. The Morgan fingerprint density at radius 1 is 1.08 bits per heavy atom. The van der Waals surface area contributed by atoms with Crippen LogP contribution in [0.2, 0.25) is 5.02 Å². The lowest BCUT2D eigenvalue weighted by Crippen LogP contribution is -2.46. The number of aryl methyl sites for hydroxylation is 1. The maximum Gasteiger partial charge on any atom is 0.330 e. The summed E-state index contributed by atoms with van der Waals surface area (Å²) in [6.07, 6.45) is 4.28. The minimum Gasteiger partial charge on any atom is -0.466 e. The molecule has 0 aliphatic carbocycles. The van der Waals surface area contributed by atoms with Crippen molar-refractivity contribution in [1.29, 1.82) is 0 Å². The van der Waals surface area contributed by atoms with E-state index in [2.05, 4.69) is 10.1 Å². The number of halogens is 2. The molecule has 2 amide bonds. The Morgan fingerprint density at radius 2 is 1.79 bits per heavy atom. The molecular weight excluding hydrogens is 507 g/mol. The van der Waals surface area contributed by atoms with Gasteiger partial charge in [-0.1, -0.05) is 29.8 Å². The number of fused-ring (bicyclic) bond motifs is 1. The smallest absolute Gasteiger partial charge is 0.330 e. The van der Waals surface area contributed by atoms with Gasteiger partial charge in [-0.3, -0.25) is 9.59 Å². The third-order valence-corrected chi connectivity index (χ3v) is 6.77.